The summed E-state index contributed by atoms with van der Waals surface area (Å²) in [7, 11) is 0. The molecule has 23 heavy (non-hydrogen) atoms. The second-order valence-corrected chi connectivity index (χ2v) is 7.47. The maximum absolute atomic E-state index is 12.5. The molecule has 1 atom stereocenters. The SMILES string of the molecule is CC(C)(C)OC(=O)N1CCC[C@H]1C(=O)Nc1ccc(Br)cc1N. The number of hydrogen-bond acceptors (Lipinski definition) is 4. The van der Waals surface area contributed by atoms with Gasteiger partial charge in [-0.1, -0.05) is 15.9 Å². The zero-order chi connectivity index (χ0) is 17.2. The van der Waals surface area contributed by atoms with Crippen molar-refractivity contribution >= 4 is 39.3 Å². The third-order valence-corrected chi connectivity index (χ3v) is 3.95. The second kappa shape index (κ2) is 6.78. The molecule has 126 valence electrons. The fourth-order valence-corrected chi connectivity index (χ4v) is 2.82. The number of nitrogen functional groups attached to an aromatic ring is 1. The predicted molar refractivity (Wildman–Crippen MR) is 93.1 cm³/mol. The minimum absolute atomic E-state index is 0.248. The number of nitrogens with one attached hydrogen (secondary N) is 1. The number of hydrogen-bond donors (Lipinski definition) is 2. The Morgan fingerprint density at radius 2 is 2.09 bits per heavy atom. The molecule has 0 bridgehead atoms. The van der Waals surface area contributed by atoms with E-state index in [4.69, 9.17) is 10.5 Å². The van der Waals surface area contributed by atoms with E-state index in [2.05, 4.69) is 21.2 Å². The van der Waals surface area contributed by atoms with Crippen LogP contribution in [0.5, 0.6) is 0 Å². The van der Waals surface area contributed by atoms with E-state index in [0.717, 1.165) is 10.9 Å². The number of likely N-dealkylation sites (tertiary alicyclic amines) is 1. The van der Waals surface area contributed by atoms with Crippen molar-refractivity contribution in [2.75, 3.05) is 17.6 Å². The monoisotopic (exact) mass is 383 g/mol. The summed E-state index contributed by atoms with van der Waals surface area (Å²) in [5.74, 6) is -0.248. The van der Waals surface area contributed by atoms with E-state index in [1.165, 1.54) is 4.90 Å². The van der Waals surface area contributed by atoms with Crippen molar-refractivity contribution < 1.29 is 14.3 Å². The Balaban J connectivity index is 2.07. The lowest BCUT2D eigenvalue weighted by atomic mass is 10.2. The number of nitrogens with zero attached hydrogens (tertiary/aromatic N) is 1. The molecule has 0 radical (unpaired) electrons. The van der Waals surface area contributed by atoms with Crippen LogP contribution in [0.1, 0.15) is 33.6 Å². The summed E-state index contributed by atoms with van der Waals surface area (Å²) in [5.41, 5.74) is 6.31. The predicted octanol–water partition coefficient (Wildman–Crippen LogP) is 3.37. The summed E-state index contributed by atoms with van der Waals surface area (Å²) in [6.45, 7) is 5.93. The summed E-state index contributed by atoms with van der Waals surface area (Å²) in [6, 6.07) is 4.71. The number of carbonyl (C=O) groups excluding carboxylic acids is 2. The highest BCUT2D eigenvalue weighted by Crippen LogP contribution is 2.26. The quantitative estimate of drug-likeness (QED) is 0.766. The molecule has 0 saturated carbocycles. The van der Waals surface area contributed by atoms with Gasteiger partial charge >= 0.3 is 6.09 Å². The molecule has 0 aromatic heterocycles. The van der Waals surface area contributed by atoms with Crippen molar-refractivity contribution in [1.82, 2.24) is 4.90 Å². The Bertz CT molecular complexity index is 613. The molecule has 0 unspecified atom stereocenters. The van der Waals surface area contributed by atoms with Gasteiger partial charge in [-0.3, -0.25) is 9.69 Å². The standard InChI is InChI=1S/C16H22BrN3O3/c1-16(2,3)23-15(22)20-8-4-5-13(20)14(21)19-12-7-6-10(17)9-11(12)18/h6-7,9,13H,4-5,8,18H2,1-3H3,(H,19,21)/t13-/m0/s1. The summed E-state index contributed by atoms with van der Waals surface area (Å²) in [4.78, 5) is 26.2. The van der Waals surface area contributed by atoms with Gasteiger partial charge in [-0.05, 0) is 51.8 Å². The molecule has 1 aromatic rings. The van der Waals surface area contributed by atoms with Crippen molar-refractivity contribution in [2.24, 2.45) is 0 Å². The smallest absolute Gasteiger partial charge is 0.410 e. The number of rotatable bonds is 2. The molecule has 1 aliphatic heterocycles. The highest BCUT2D eigenvalue weighted by Gasteiger charge is 2.36. The largest absolute Gasteiger partial charge is 0.444 e. The van der Waals surface area contributed by atoms with Crippen LogP contribution in [0.3, 0.4) is 0 Å². The van der Waals surface area contributed by atoms with E-state index < -0.39 is 17.7 Å². The summed E-state index contributed by atoms with van der Waals surface area (Å²) in [5, 5.41) is 2.79. The van der Waals surface area contributed by atoms with Gasteiger partial charge in [0, 0.05) is 11.0 Å². The van der Waals surface area contributed by atoms with E-state index in [9.17, 15) is 9.59 Å². The number of benzene rings is 1. The Morgan fingerprint density at radius 3 is 2.70 bits per heavy atom. The van der Waals surface area contributed by atoms with E-state index in [-0.39, 0.29) is 5.91 Å². The van der Waals surface area contributed by atoms with E-state index in [0.29, 0.717) is 24.3 Å². The number of anilines is 2. The molecular weight excluding hydrogens is 362 g/mol. The molecule has 1 fully saturated rings. The van der Waals surface area contributed by atoms with Gasteiger partial charge < -0.3 is 15.8 Å². The summed E-state index contributed by atoms with van der Waals surface area (Å²) in [6.07, 6.45) is 0.924. The average Bonchev–Trinajstić information content (AvgIpc) is 2.89. The van der Waals surface area contributed by atoms with Crippen molar-refractivity contribution in [3.05, 3.63) is 22.7 Å². The molecule has 1 aliphatic rings. The van der Waals surface area contributed by atoms with Crippen LogP contribution < -0.4 is 11.1 Å². The Kier molecular flexibility index (Phi) is 5.19. The van der Waals surface area contributed by atoms with Crippen LogP contribution in [0.15, 0.2) is 22.7 Å². The Hall–Kier alpha value is -1.76. The fraction of sp³-hybridized carbons (Fsp3) is 0.500. The molecular formula is C16H22BrN3O3. The molecule has 2 amide bonds. The van der Waals surface area contributed by atoms with Gasteiger partial charge in [-0.15, -0.1) is 0 Å². The van der Waals surface area contributed by atoms with Gasteiger partial charge in [-0.25, -0.2) is 4.79 Å². The van der Waals surface area contributed by atoms with E-state index in [1.807, 2.05) is 0 Å². The molecule has 7 heteroatoms. The normalized spacial score (nSPS) is 17.9. The highest BCUT2D eigenvalue weighted by molar-refractivity contribution is 9.10. The van der Waals surface area contributed by atoms with Gasteiger partial charge in [0.05, 0.1) is 11.4 Å². The molecule has 3 N–H and O–H groups in total. The third-order valence-electron chi connectivity index (χ3n) is 3.45. The van der Waals surface area contributed by atoms with Gasteiger partial charge in [0.15, 0.2) is 0 Å². The van der Waals surface area contributed by atoms with Gasteiger partial charge in [-0.2, -0.15) is 0 Å². The first-order valence-corrected chi connectivity index (χ1v) is 8.32. The summed E-state index contributed by atoms with van der Waals surface area (Å²) < 4.78 is 6.21. The molecule has 2 rings (SSSR count). The van der Waals surface area contributed by atoms with Crippen molar-refractivity contribution in [2.45, 2.75) is 45.3 Å². The Labute approximate surface area is 144 Å². The van der Waals surface area contributed by atoms with Crippen LogP contribution in [0, 0.1) is 0 Å². The maximum Gasteiger partial charge on any atom is 0.410 e. The van der Waals surface area contributed by atoms with Gasteiger partial charge in [0.25, 0.3) is 0 Å². The molecule has 1 heterocycles. The first-order chi connectivity index (χ1) is 10.7. The summed E-state index contributed by atoms with van der Waals surface area (Å²) >= 11 is 3.32. The molecule has 0 aliphatic carbocycles. The fourth-order valence-electron chi connectivity index (χ4n) is 2.44. The van der Waals surface area contributed by atoms with E-state index in [1.54, 1.807) is 39.0 Å². The first-order valence-electron chi connectivity index (χ1n) is 7.53. The van der Waals surface area contributed by atoms with Crippen molar-refractivity contribution in [1.29, 1.82) is 0 Å². The van der Waals surface area contributed by atoms with Gasteiger partial charge in [0.2, 0.25) is 5.91 Å². The minimum Gasteiger partial charge on any atom is -0.444 e. The van der Waals surface area contributed by atoms with Crippen molar-refractivity contribution in [3.8, 4) is 0 Å². The Morgan fingerprint density at radius 1 is 1.39 bits per heavy atom. The van der Waals surface area contributed by atoms with Crippen LogP contribution in [0.25, 0.3) is 0 Å². The zero-order valence-corrected chi connectivity index (χ0v) is 15.1. The van der Waals surface area contributed by atoms with Crippen LogP contribution >= 0.6 is 15.9 Å². The molecule has 1 aromatic carbocycles. The van der Waals surface area contributed by atoms with Crippen molar-refractivity contribution in [3.63, 3.8) is 0 Å². The van der Waals surface area contributed by atoms with Crippen LogP contribution in [0.4, 0.5) is 16.2 Å². The van der Waals surface area contributed by atoms with Crippen LogP contribution in [0.2, 0.25) is 0 Å². The van der Waals surface area contributed by atoms with Gasteiger partial charge in [0.1, 0.15) is 11.6 Å². The maximum atomic E-state index is 12.5. The number of halogens is 1. The number of amides is 2. The van der Waals surface area contributed by atoms with E-state index >= 15 is 0 Å². The minimum atomic E-state index is -0.586. The average molecular weight is 384 g/mol. The lowest BCUT2D eigenvalue weighted by Gasteiger charge is -2.28. The number of nitrogens with two attached hydrogens (primary N) is 1. The second-order valence-electron chi connectivity index (χ2n) is 6.55. The molecule has 6 nitrogen and oxygen atoms in total. The molecule has 0 spiro atoms. The lowest BCUT2D eigenvalue weighted by Crippen LogP contribution is -2.45. The topological polar surface area (TPSA) is 84.7 Å². The zero-order valence-electron chi connectivity index (χ0n) is 13.6. The number of ether oxygens (including phenoxy) is 1. The lowest BCUT2D eigenvalue weighted by molar-refractivity contribution is -0.120. The first kappa shape index (κ1) is 17.6. The highest BCUT2D eigenvalue weighted by atomic mass is 79.9. The third kappa shape index (κ3) is 4.60. The molecule has 1 saturated heterocycles. The van der Waals surface area contributed by atoms with Crippen LogP contribution in [-0.4, -0.2) is 35.1 Å². The van der Waals surface area contributed by atoms with Crippen LogP contribution in [-0.2, 0) is 9.53 Å². The number of carbonyl (C=O) groups is 2.